The number of piperazine rings is 1. The SMILES string of the molecule is Cl.Nc1ncc(CN2CCNC(=O)C2)s1. The van der Waals surface area contributed by atoms with E-state index in [1.807, 2.05) is 0 Å². The Kier molecular flexibility index (Phi) is 4.31. The minimum Gasteiger partial charge on any atom is -0.375 e. The van der Waals surface area contributed by atoms with Gasteiger partial charge >= 0.3 is 0 Å². The van der Waals surface area contributed by atoms with Crippen LogP contribution < -0.4 is 11.1 Å². The summed E-state index contributed by atoms with van der Waals surface area (Å²) in [5, 5.41) is 3.37. The van der Waals surface area contributed by atoms with Crippen LogP contribution in [0.15, 0.2) is 6.20 Å². The van der Waals surface area contributed by atoms with E-state index in [4.69, 9.17) is 5.73 Å². The monoisotopic (exact) mass is 248 g/mol. The van der Waals surface area contributed by atoms with E-state index in [0.717, 1.165) is 24.5 Å². The van der Waals surface area contributed by atoms with Crippen molar-refractivity contribution in [3.8, 4) is 0 Å². The van der Waals surface area contributed by atoms with Gasteiger partial charge in [0.15, 0.2) is 5.13 Å². The quantitative estimate of drug-likeness (QED) is 0.778. The van der Waals surface area contributed by atoms with Crippen LogP contribution in [0.3, 0.4) is 0 Å². The zero-order chi connectivity index (χ0) is 9.97. The number of nitrogens with zero attached hydrogens (tertiary/aromatic N) is 2. The van der Waals surface area contributed by atoms with Crippen LogP contribution >= 0.6 is 23.7 Å². The summed E-state index contributed by atoms with van der Waals surface area (Å²) < 4.78 is 0. The Balaban J connectivity index is 0.00000112. The van der Waals surface area contributed by atoms with E-state index in [0.29, 0.717) is 11.7 Å². The van der Waals surface area contributed by atoms with Crippen molar-refractivity contribution in [3.05, 3.63) is 11.1 Å². The van der Waals surface area contributed by atoms with Crippen molar-refractivity contribution in [2.24, 2.45) is 0 Å². The zero-order valence-electron chi connectivity index (χ0n) is 8.10. The highest BCUT2D eigenvalue weighted by Crippen LogP contribution is 2.16. The van der Waals surface area contributed by atoms with E-state index in [9.17, 15) is 4.79 Å². The Bertz CT molecular complexity index is 343. The predicted octanol–water partition coefficient (Wildman–Crippen LogP) is 0.0789. The lowest BCUT2D eigenvalue weighted by Gasteiger charge is -2.25. The number of hydrogen-bond donors (Lipinski definition) is 2. The van der Waals surface area contributed by atoms with Gasteiger partial charge in [-0.15, -0.1) is 23.7 Å². The number of carbonyl (C=O) groups is 1. The molecule has 1 aromatic heterocycles. The molecular weight excluding hydrogens is 236 g/mol. The van der Waals surface area contributed by atoms with E-state index in [1.54, 1.807) is 6.20 Å². The molecule has 5 nitrogen and oxygen atoms in total. The number of aromatic nitrogens is 1. The lowest BCUT2D eigenvalue weighted by Crippen LogP contribution is -2.46. The molecule has 0 atom stereocenters. The highest BCUT2D eigenvalue weighted by atomic mass is 35.5. The Hall–Kier alpha value is -0.850. The molecule has 0 unspecified atom stereocenters. The number of hydrogen-bond acceptors (Lipinski definition) is 5. The lowest BCUT2D eigenvalue weighted by molar-refractivity contribution is -0.124. The van der Waals surface area contributed by atoms with E-state index >= 15 is 0 Å². The van der Waals surface area contributed by atoms with Gasteiger partial charge < -0.3 is 11.1 Å². The van der Waals surface area contributed by atoms with E-state index in [2.05, 4.69) is 15.2 Å². The topological polar surface area (TPSA) is 71.2 Å². The van der Waals surface area contributed by atoms with Crippen molar-refractivity contribution in [3.63, 3.8) is 0 Å². The fourth-order valence-electron chi connectivity index (χ4n) is 1.44. The summed E-state index contributed by atoms with van der Waals surface area (Å²) in [6, 6.07) is 0. The van der Waals surface area contributed by atoms with Gasteiger partial charge in [-0.3, -0.25) is 9.69 Å². The Morgan fingerprint density at radius 2 is 2.47 bits per heavy atom. The first kappa shape index (κ1) is 12.2. The fraction of sp³-hybridized carbons (Fsp3) is 0.500. The van der Waals surface area contributed by atoms with Gasteiger partial charge in [-0.2, -0.15) is 0 Å². The van der Waals surface area contributed by atoms with Gasteiger partial charge in [-0.1, -0.05) is 0 Å². The average molecular weight is 249 g/mol. The van der Waals surface area contributed by atoms with Crippen molar-refractivity contribution in [1.29, 1.82) is 0 Å². The maximum atomic E-state index is 11.1. The predicted molar refractivity (Wildman–Crippen MR) is 62.1 cm³/mol. The second-order valence-electron chi connectivity index (χ2n) is 3.23. The van der Waals surface area contributed by atoms with Crippen LogP contribution in [0, 0.1) is 0 Å². The van der Waals surface area contributed by atoms with Gasteiger partial charge in [0.1, 0.15) is 0 Å². The Morgan fingerprint density at radius 1 is 1.67 bits per heavy atom. The summed E-state index contributed by atoms with van der Waals surface area (Å²) in [6.45, 7) is 2.86. The molecule has 0 radical (unpaired) electrons. The molecule has 0 spiro atoms. The Labute approximate surface area is 98.1 Å². The van der Waals surface area contributed by atoms with Crippen molar-refractivity contribution < 1.29 is 4.79 Å². The highest BCUT2D eigenvalue weighted by Gasteiger charge is 2.16. The molecule has 0 aliphatic carbocycles. The Morgan fingerprint density at radius 3 is 3.07 bits per heavy atom. The van der Waals surface area contributed by atoms with Crippen LogP contribution in [0.4, 0.5) is 5.13 Å². The van der Waals surface area contributed by atoms with Gasteiger partial charge in [0.2, 0.25) is 5.91 Å². The summed E-state index contributed by atoms with van der Waals surface area (Å²) in [6.07, 6.45) is 1.77. The maximum absolute atomic E-state index is 11.1. The van der Waals surface area contributed by atoms with Gasteiger partial charge in [0, 0.05) is 30.7 Å². The number of carbonyl (C=O) groups excluding carboxylic acids is 1. The third kappa shape index (κ3) is 3.33. The average Bonchev–Trinajstić information content (AvgIpc) is 2.51. The van der Waals surface area contributed by atoms with E-state index in [-0.39, 0.29) is 18.3 Å². The number of rotatable bonds is 2. The van der Waals surface area contributed by atoms with E-state index < -0.39 is 0 Å². The van der Waals surface area contributed by atoms with Crippen molar-refractivity contribution >= 4 is 34.8 Å². The molecule has 0 bridgehead atoms. The summed E-state index contributed by atoms with van der Waals surface area (Å²) in [4.78, 5) is 18.2. The van der Waals surface area contributed by atoms with E-state index in [1.165, 1.54) is 11.3 Å². The lowest BCUT2D eigenvalue weighted by atomic mass is 10.3. The zero-order valence-corrected chi connectivity index (χ0v) is 9.74. The number of halogens is 1. The second kappa shape index (κ2) is 5.29. The number of anilines is 1. The van der Waals surface area contributed by atoms with Crippen LogP contribution in [0.2, 0.25) is 0 Å². The van der Waals surface area contributed by atoms with Gasteiger partial charge in [0.05, 0.1) is 6.54 Å². The van der Waals surface area contributed by atoms with Gasteiger partial charge in [0.25, 0.3) is 0 Å². The number of amides is 1. The molecular formula is C8H13ClN4OS. The van der Waals surface area contributed by atoms with Crippen molar-refractivity contribution in [1.82, 2.24) is 15.2 Å². The molecule has 84 valence electrons. The van der Waals surface area contributed by atoms with Gasteiger partial charge in [-0.05, 0) is 0 Å². The highest BCUT2D eigenvalue weighted by molar-refractivity contribution is 7.15. The van der Waals surface area contributed by atoms with Crippen LogP contribution in [0.1, 0.15) is 4.88 Å². The molecule has 1 amide bonds. The first-order valence-corrected chi connectivity index (χ1v) is 5.25. The standard InChI is InChI=1S/C8H12N4OS.ClH/c9-8-11-3-6(14-8)4-12-2-1-10-7(13)5-12;/h3H,1-2,4-5H2,(H2,9,11)(H,10,13);1H. The fourth-order valence-corrected chi connectivity index (χ4v) is 2.17. The van der Waals surface area contributed by atoms with Crippen LogP contribution in [0.25, 0.3) is 0 Å². The number of nitrogens with two attached hydrogens (primary N) is 1. The minimum absolute atomic E-state index is 0. The summed E-state index contributed by atoms with van der Waals surface area (Å²) in [5.74, 6) is 0.0914. The number of thiazole rings is 1. The molecule has 3 N–H and O–H groups in total. The first-order valence-electron chi connectivity index (χ1n) is 4.43. The third-order valence-electron chi connectivity index (χ3n) is 2.07. The van der Waals surface area contributed by atoms with Gasteiger partial charge in [-0.25, -0.2) is 4.98 Å². The second-order valence-corrected chi connectivity index (χ2v) is 4.37. The molecule has 2 rings (SSSR count). The van der Waals surface area contributed by atoms with Crippen molar-refractivity contribution in [2.75, 3.05) is 25.4 Å². The molecule has 7 heteroatoms. The molecule has 2 heterocycles. The number of nitrogen functional groups attached to an aromatic ring is 1. The minimum atomic E-state index is 0. The molecule has 15 heavy (non-hydrogen) atoms. The summed E-state index contributed by atoms with van der Waals surface area (Å²) >= 11 is 1.48. The molecule has 1 aromatic rings. The molecule has 0 saturated carbocycles. The molecule has 1 aliphatic rings. The number of nitrogens with one attached hydrogen (secondary N) is 1. The van der Waals surface area contributed by atoms with Crippen LogP contribution in [0.5, 0.6) is 0 Å². The summed E-state index contributed by atoms with van der Waals surface area (Å²) in [5.41, 5.74) is 5.52. The molecule has 0 aromatic carbocycles. The van der Waals surface area contributed by atoms with Crippen LogP contribution in [-0.4, -0.2) is 35.4 Å². The third-order valence-corrected chi connectivity index (χ3v) is 2.88. The first-order chi connectivity index (χ1) is 6.74. The maximum Gasteiger partial charge on any atom is 0.234 e. The largest absolute Gasteiger partial charge is 0.375 e. The molecule has 1 fully saturated rings. The smallest absolute Gasteiger partial charge is 0.234 e. The summed E-state index contributed by atoms with van der Waals surface area (Å²) in [7, 11) is 0. The van der Waals surface area contributed by atoms with Crippen LogP contribution in [-0.2, 0) is 11.3 Å². The molecule has 1 saturated heterocycles. The molecule has 1 aliphatic heterocycles. The normalized spacial score (nSPS) is 16.9. The van der Waals surface area contributed by atoms with Crippen molar-refractivity contribution in [2.45, 2.75) is 6.54 Å².